The normalized spacial score (nSPS) is 22.1. The molecule has 2 heterocycles. The van der Waals surface area contributed by atoms with Gasteiger partial charge in [0.15, 0.2) is 0 Å². The van der Waals surface area contributed by atoms with Gasteiger partial charge in [-0.1, -0.05) is 32.0 Å². The van der Waals surface area contributed by atoms with Crippen molar-refractivity contribution in [3.63, 3.8) is 0 Å². The average molecular weight is 388 g/mol. The van der Waals surface area contributed by atoms with Crippen molar-refractivity contribution in [2.45, 2.75) is 58.6 Å². The van der Waals surface area contributed by atoms with E-state index >= 15 is 0 Å². The molecule has 0 aromatic heterocycles. The minimum absolute atomic E-state index is 0.0127. The van der Waals surface area contributed by atoms with Crippen LogP contribution in [0.15, 0.2) is 24.3 Å². The standard InChI is InChI=1S/C22H33N3O3/c1-16-13-23(11-12-24(16)20(27)28-21(2,3)4)14-19(26)25-15-22(5,6)17-9-7-8-10-18(17)25/h7-10,16H,11-15H2,1-6H3. The predicted octanol–water partition coefficient (Wildman–Crippen LogP) is 3.25. The molecule has 0 spiro atoms. The summed E-state index contributed by atoms with van der Waals surface area (Å²) >= 11 is 0. The first-order chi connectivity index (χ1) is 13.0. The second kappa shape index (κ2) is 7.39. The zero-order valence-electron chi connectivity index (χ0n) is 18.0. The van der Waals surface area contributed by atoms with Crippen LogP contribution < -0.4 is 4.90 Å². The molecule has 28 heavy (non-hydrogen) atoms. The van der Waals surface area contributed by atoms with Gasteiger partial charge in [0.25, 0.3) is 0 Å². The van der Waals surface area contributed by atoms with E-state index in [-0.39, 0.29) is 23.5 Å². The first-order valence-corrected chi connectivity index (χ1v) is 10.1. The highest BCUT2D eigenvalue weighted by molar-refractivity contribution is 5.97. The summed E-state index contributed by atoms with van der Waals surface area (Å²) in [7, 11) is 0. The molecule has 1 aromatic rings. The van der Waals surface area contributed by atoms with Crippen LogP contribution in [0.25, 0.3) is 0 Å². The van der Waals surface area contributed by atoms with E-state index in [0.717, 1.165) is 5.69 Å². The fraction of sp³-hybridized carbons (Fsp3) is 0.636. The summed E-state index contributed by atoms with van der Waals surface area (Å²) in [5.41, 5.74) is 1.72. The SMILES string of the molecule is CC1CN(CC(=O)N2CC(C)(C)c3ccccc32)CCN1C(=O)OC(C)(C)C. The predicted molar refractivity (Wildman–Crippen MR) is 111 cm³/mol. The van der Waals surface area contributed by atoms with Gasteiger partial charge in [-0.15, -0.1) is 0 Å². The van der Waals surface area contributed by atoms with Gasteiger partial charge in [-0.2, -0.15) is 0 Å². The first kappa shape index (κ1) is 20.6. The Bertz CT molecular complexity index is 754. The molecule has 0 N–H and O–H groups in total. The van der Waals surface area contributed by atoms with Crippen molar-refractivity contribution in [2.75, 3.05) is 37.6 Å². The van der Waals surface area contributed by atoms with Crippen LogP contribution in [0, 0.1) is 0 Å². The Morgan fingerprint density at radius 1 is 1.18 bits per heavy atom. The van der Waals surface area contributed by atoms with Crippen molar-refractivity contribution in [1.82, 2.24) is 9.80 Å². The highest BCUT2D eigenvalue weighted by Gasteiger charge is 2.38. The molecule has 2 aliphatic heterocycles. The molecular weight excluding hydrogens is 354 g/mol. The van der Waals surface area contributed by atoms with E-state index in [9.17, 15) is 9.59 Å². The van der Waals surface area contributed by atoms with Crippen LogP contribution in [0.1, 0.15) is 47.1 Å². The maximum absolute atomic E-state index is 13.1. The molecule has 1 fully saturated rings. The van der Waals surface area contributed by atoms with E-state index in [1.54, 1.807) is 4.90 Å². The minimum atomic E-state index is -0.500. The molecule has 2 aliphatic rings. The zero-order chi connectivity index (χ0) is 20.7. The molecule has 3 rings (SSSR count). The molecule has 1 atom stereocenters. The van der Waals surface area contributed by atoms with Crippen molar-refractivity contribution in [3.8, 4) is 0 Å². The summed E-state index contributed by atoms with van der Waals surface area (Å²) in [6.07, 6.45) is -0.277. The lowest BCUT2D eigenvalue weighted by molar-refractivity contribution is -0.120. The number of fused-ring (bicyclic) bond motifs is 1. The molecular formula is C22H33N3O3. The van der Waals surface area contributed by atoms with Gasteiger partial charge in [0.1, 0.15) is 5.60 Å². The highest BCUT2D eigenvalue weighted by Crippen LogP contribution is 2.40. The average Bonchev–Trinajstić information content (AvgIpc) is 2.85. The number of para-hydroxylation sites is 1. The molecule has 2 amide bonds. The van der Waals surface area contributed by atoms with Crippen molar-refractivity contribution < 1.29 is 14.3 Å². The van der Waals surface area contributed by atoms with Crippen molar-refractivity contribution in [2.24, 2.45) is 0 Å². The number of nitrogens with zero attached hydrogens (tertiary/aromatic N) is 3. The number of piperazine rings is 1. The molecule has 6 nitrogen and oxygen atoms in total. The van der Waals surface area contributed by atoms with Crippen LogP contribution in [-0.2, 0) is 14.9 Å². The number of rotatable bonds is 2. The number of anilines is 1. The Morgan fingerprint density at radius 3 is 2.50 bits per heavy atom. The Hall–Kier alpha value is -2.08. The molecule has 0 bridgehead atoms. The topological polar surface area (TPSA) is 53.1 Å². The fourth-order valence-electron chi connectivity index (χ4n) is 4.11. The molecule has 0 saturated carbocycles. The van der Waals surface area contributed by atoms with E-state index in [2.05, 4.69) is 24.8 Å². The molecule has 0 radical (unpaired) electrons. The maximum atomic E-state index is 13.1. The summed E-state index contributed by atoms with van der Waals surface area (Å²) in [6, 6.07) is 8.18. The van der Waals surface area contributed by atoms with Crippen LogP contribution in [-0.4, -0.2) is 66.2 Å². The van der Waals surface area contributed by atoms with Gasteiger partial charge in [0.2, 0.25) is 5.91 Å². The molecule has 6 heteroatoms. The second-order valence-corrected chi connectivity index (χ2v) is 9.64. The Kier molecular flexibility index (Phi) is 5.45. The number of ether oxygens (including phenoxy) is 1. The lowest BCUT2D eigenvalue weighted by Crippen LogP contribution is -2.56. The van der Waals surface area contributed by atoms with Gasteiger partial charge in [-0.05, 0) is 39.3 Å². The van der Waals surface area contributed by atoms with Crippen LogP contribution in [0.2, 0.25) is 0 Å². The Labute approximate surface area is 168 Å². The Balaban J connectivity index is 1.61. The maximum Gasteiger partial charge on any atom is 0.410 e. The van der Waals surface area contributed by atoms with Gasteiger partial charge in [-0.25, -0.2) is 4.79 Å². The molecule has 1 aromatic carbocycles. The minimum Gasteiger partial charge on any atom is -0.444 e. The van der Waals surface area contributed by atoms with E-state index in [4.69, 9.17) is 4.74 Å². The summed E-state index contributed by atoms with van der Waals surface area (Å²) in [5.74, 6) is 0.121. The Morgan fingerprint density at radius 2 is 1.86 bits per heavy atom. The van der Waals surface area contributed by atoms with Crippen LogP contribution in [0.3, 0.4) is 0 Å². The van der Waals surface area contributed by atoms with Crippen LogP contribution >= 0.6 is 0 Å². The lowest BCUT2D eigenvalue weighted by Gasteiger charge is -2.40. The highest BCUT2D eigenvalue weighted by atomic mass is 16.6. The zero-order valence-corrected chi connectivity index (χ0v) is 18.0. The lowest BCUT2D eigenvalue weighted by atomic mass is 9.87. The second-order valence-electron chi connectivity index (χ2n) is 9.64. The monoisotopic (exact) mass is 387 g/mol. The number of carbonyl (C=O) groups is 2. The van der Waals surface area contributed by atoms with E-state index in [1.165, 1.54) is 5.56 Å². The van der Waals surface area contributed by atoms with Crippen molar-refractivity contribution >= 4 is 17.7 Å². The van der Waals surface area contributed by atoms with Gasteiger partial charge in [0, 0.05) is 43.3 Å². The van der Waals surface area contributed by atoms with Gasteiger partial charge in [0.05, 0.1) is 6.54 Å². The summed E-state index contributed by atoms with van der Waals surface area (Å²) in [5, 5.41) is 0. The number of hydrogen-bond donors (Lipinski definition) is 0. The number of carbonyl (C=O) groups excluding carboxylic acids is 2. The van der Waals surface area contributed by atoms with Gasteiger partial charge in [-0.3, -0.25) is 9.69 Å². The third-order valence-corrected chi connectivity index (χ3v) is 5.48. The summed E-state index contributed by atoms with van der Waals surface area (Å²) in [4.78, 5) is 31.3. The van der Waals surface area contributed by atoms with Crippen LogP contribution in [0.4, 0.5) is 10.5 Å². The number of amides is 2. The van der Waals surface area contributed by atoms with Crippen molar-refractivity contribution in [3.05, 3.63) is 29.8 Å². The third-order valence-electron chi connectivity index (χ3n) is 5.48. The van der Waals surface area contributed by atoms with Crippen LogP contribution in [0.5, 0.6) is 0 Å². The quantitative estimate of drug-likeness (QED) is 0.782. The van der Waals surface area contributed by atoms with E-state index < -0.39 is 5.60 Å². The largest absolute Gasteiger partial charge is 0.444 e. The summed E-state index contributed by atoms with van der Waals surface area (Å²) < 4.78 is 5.50. The van der Waals surface area contributed by atoms with Gasteiger partial charge >= 0.3 is 6.09 Å². The fourth-order valence-corrected chi connectivity index (χ4v) is 4.11. The number of benzene rings is 1. The van der Waals surface area contributed by atoms with Gasteiger partial charge < -0.3 is 14.5 Å². The molecule has 1 unspecified atom stereocenters. The summed E-state index contributed by atoms with van der Waals surface area (Å²) in [6.45, 7) is 15.0. The third kappa shape index (κ3) is 4.32. The van der Waals surface area contributed by atoms with E-state index in [1.807, 2.05) is 50.8 Å². The van der Waals surface area contributed by atoms with Crippen molar-refractivity contribution in [1.29, 1.82) is 0 Å². The molecule has 1 saturated heterocycles. The molecule has 0 aliphatic carbocycles. The first-order valence-electron chi connectivity index (χ1n) is 10.1. The van der Waals surface area contributed by atoms with E-state index in [0.29, 0.717) is 32.7 Å². The number of hydrogen-bond acceptors (Lipinski definition) is 4. The molecule has 154 valence electrons. The smallest absolute Gasteiger partial charge is 0.410 e.